The number of hydrogen-bond acceptors (Lipinski definition) is 4. The van der Waals surface area contributed by atoms with Gasteiger partial charge in [0.1, 0.15) is 5.82 Å². The quantitative estimate of drug-likeness (QED) is 0.546. The number of carbonyl (C=O) groups is 1. The van der Waals surface area contributed by atoms with Gasteiger partial charge < -0.3 is 5.32 Å². The third kappa shape index (κ3) is 5.15. The van der Waals surface area contributed by atoms with Crippen molar-refractivity contribution in [1.82, 2.24) is 14.1 Å². The van der Waals surface area contributed by atoms with Crippen molar-refractivity contribution in [2.75, 3.05) is 18.4 Å². The summed E-state index contributed by atoms with van der Waals surface area (Å²) in [4.78, 5) is 13.0. The van der Waals surface area contributed by atoms with E-state index in [4.69, 9.17) is 11.6 Å². The molecule has 0 atom stereocenters. The molecular formula is C22H25ClN4O3S. The Morgan fingerprint density at radius 1 is 1.10 bits per heavy atom. The predicted octanol–water partition coefficient (Wildman–Crippen LogP) is 4.18. The van der Waals surface area contributed by atoms with Crippen LogP contribution in [-0.2, 0) is 16.6 Å². The lowest BCUT2D eigenvalue weighted by Crippen LogP contribution is -2.30. The third-order valence-corrected chi connectivity index (χ3v) is 7.22. The number of aryl methyl sites for hydroxylation is 1. The Morgan fingerprint density at radius 3 is 2.42 bits per heavy atom. The number of carbonyl (C=O) groups excluding carboxylic acids is 1. The molecule has 0 saturated carbocycles. The molecule has 0 saturated heterocycles. The zero-order valence-electron chi connectivity index (χ0n) is 17.7. The fraction of sp³-hybridized carbons (Fsp3) is 0.273. The lowest BCUT2D eigenvalue weighted by molar-refractivity contribution is 0.102. The molecule has 0 radical (unpaired) electrons. The molecule has 3 aromatic rings. The summed E-state index contributed by atoms with van der Waals surface area (Å²) < 4.78 is 28.7. The monoisotopic (exact) mass is 460 g/mol. The van der Waals surface area contributed by atoms with E-state index >= 15 is 0 Å². The van der Waals surface area contributed by atoms with Crippen LogP contribution in [-0.4, -0.2) is 41.5 Å². The fourth-order valence-electron chi connectivity index (χ4n) is 3.26. The Morgan fingerprint density at radius 2 is 1.77 bits per heavy atom. The Labute approximate surface area is 187 Å². The van der Waals surface area contributed by atoms with Gasteiger partial charge in [0.15, 0.2) is 0 Å². The summed E-state index contributed by atoms with van der Waals surface area (Å²) in [5.41, 5.74) is 1.86. The Bertz CT molecular complexity index is 1170. The lowest BCUT2D eigenvalue weighted by Gasteiger charge is -2.19. The average molecular weight is 461 g/mol. The number of aromatic nitrogens is 2. The molecule has 1 N–H and O–H groups in total. The second-order valence-electron chi connectivity index (χ2n) is 7.00. The van der Waals surface area contributed by atoms with Gasteiger partial charge in [-0.25, -0.2) is 13.1 Å². The first kappa shape index (κ1) is 23.0. The number of anilines is 1. The molecule has 0 aliphatic carbocycles. The van der Waals surface area contributed by atoms with E-state index in [2.05, 4.69) is 10.4 Å². The van der Waals surface area contributed by atoms with Crippen LogP contribution in [0.1, 0.15) is 35.5 Å². The number of nitrogens with zero attached hydrogens (tertiary/aromatic N) is 3. The van der Waals surface area contributed by atoms with Gasteiger partial charge in [0.25, 0.3) is 5.91 Å². The Hall–Kier alpha value is -2.68. The molecule has 3 rings (SSSR count). The van der Waals surface area contributed by atoms with E-state index in [1.54, 1.807) is 24.6 Å². The molecule has 0 bridgehead atoms. The number of halogens is 1. The summed E-state index contributed by atoms with van der Waals surface area (Å²) in [6.45, 7) is 6.51. The van der Waals surface area contributed by atoms with Crippen LogP contribution in [0.5, 0.6) is 0 Å². The zero-order chi connectivity index (χ0) is 22.6. The van der Waals surface area contributed by atoms with Crippen molar-refractivity contribution in [3.05, 3.63) is 76.4 Å². The summed E-state index contributed by atoms with van der Waals surface area (Å²) in [5, 5.41) is 7.43. The molecule has 164 valence electrons. The van der Waals surface area contributed by atoms with Gasteiger partial charge in [0, 0.05) is 19.2 Å². The highest BCUT2D eigenvalue weighted by atomic mass is 35.5. The number of amides is 1. The smallest absolute Gasteiger partial charge is 0.258 e. The van der Waals surface area contributed by atoms with Crippen LogP contribution >= 0.6 is 11.6 Å². The van der Waals surface area contributed by atoms with Gasteiger partial charge in [-0.15, -0.1) is 0 Å². The van der Waals surface area contributed by atoms with E-state index in [-0.39, 0.29) is 15.5 Å². The molecule has 31 heavy (non-hydrogen) atoms. The largest absolute Gasteiger partial charge is 0.307 e. The molecular weight excluding hydrogens is 436 g/mol. The Kier molecular flexibility index (Phi) is 7.15. The van der Waals surface area contributed by atoms with Crippen molar-refractivity contribution in [3.8, 4) is 0 Å². The van der Waals surface area contributed by atoms with Crippen molar-refractivity contribution in [3.63, 3.8) is 0 Å². The van der Waals surface area contributed by atoms with Crippen molar-refractivity contribution in [2.24, 2.45) is 0 Å². The van der Waals surface area contributed by atoms with Crippen molar-refractivity contribution >= 4 is 33.3 Å². The van der Waals surface area contributed by atoms with E-state index in [0.717, 1.165) is 11.3 Å². The maximum Gasteiger partial charge on any atom is 0.258 e. The maximum absolute atomic E-state index is 13.0. The summed E-state index contributed by atoms with van der Waals surface area (Å²) in [6, 6.07) is 15.7. The van der Waals surface area contributed by atoms with Crippen LogP contribution in [0.4, 0.5) is 5.82 Å². The van der Waals surface area contributed by atoms with Crippen LogP contribution in [0, 0.1) is 6.92 Å². The minimum Gasteiger partial charge on any atom is -0.307 e. The summed E-state index contributed by atoms with van der Waals surface area (Å²) in [5.74, 6) is -0.00442. The summed E-state index contributed by atoms with van der Waals surface area (Å²) in [7, 11) is -3.71. The van der Waals surface area contributed by atoms with Crippen molar-refractivity contribution in [1.29, 1.82) is 0 Å². The SMILES string of the molecule is CCN(CC)S(=O)(=O)c1ccc(Cl)c(C(=O)Nc2cc(C)nn2Cc2ccccc2)c1. The van der Waals surface area contributed by atoms with Gasteiger partial charge in [-0.05, 0) is 30.7 Å². The molecule has 7 nitrogen and oxygen atoms in total. The third-order valence-electron chi connectivity index (χ3n) is 4.84. The van der Waals surface area contributed by atoms with Gasteiger partial charge in [-0.1, -0.05) is 55.8 Å². The molecule has 1 aromatic heterocycles. The minimum absolute atomic E-state index is 0.0275. The second-order valence-corrected chi connectivity index (χ2v) is 9.34. The van der Waals surface area contributed by atoms with Gasteiger partial charge in [0.05, 0.1) is 27.7 Å². The first-order chi connectivity index (χ1) is 14.8. The van der Waals surface area contributed by atoms with Gasteiger partial charge in [-0.2, -0.15) is 9.40 Å². The minimum atomic E-state index is -3.71. The number of nitrogens with one attached hydrogen (secondary N) is 1. The van der Waals surface area contributed by atoms with E-state index in [1.165, 1.54) is 22.5 Å². The van der Waals surface area contributed by atoms with Crippen molar-refractivity contribution in [2.45, 2.75) is 32.2 Å². The average Bonchev–Trinajstić information content (AvgIpc) is 3.08. The maximum atomic E-state index is 13.0. The van der Waals surface area contributed by atoms with Crippen LogP contribution < -0.4 is 5.32 Å². The molecule has 9 heteroatoms. The molecule has 1 heterocycles. The number of benzene rings is 2. The van der Waals surface area contributed by atoms with Gasteiger partial charge in [0.2, 0.25) is 10.0 Å². The lowest BCUT2D eigenvalue weighted by atomic mass is 10.2. The Balaban J connectivity index is 1.90. The highest BCUT2D eigenvalue weighted by Crippen LogP contribution is 2.24. The zero-order valence-corrected chi connectivity index (χ0v) is 19.2. The molecule has 2 aromatic carbocycles. The molecule has 0 fully saturated rings. The van der Waals surface area contributed by atoms with E-state index in [0.29, 0.717) is 25.5 Å². The van der Waals surface area contributed by atoms with E-state index in [9.17, 15) is 13.2 Å². The number of hydrogen-bond donors (Lipinski definition) is 1. The fourth-order valence-corrected chi connectivity index (χ4v) is 4.95. The first-order valence-corrected chi connectivity index (χ1v) is 11.8. The topological polar surface area (TPSA) is 84.3 Å². The highest BCUT2D eigenvalue weighted by Gasteiger charge is 2.24. The second kappa shape index (κ2) is 9.64. The molecule has 0 aliphatic rings. The number of sulfonamides is 1. The summed E-state index contributed by atoms with van der Waals surface area (Å²) in [6.07, 6.45) is 0. The normalized spacial score (nSPS) is 11.6. The molecule has 0 spiro atoms. The number of rotatable bonds is 8. The van der Waals surface area contributed by atoms with E-state index in [1.807, 2.05) is 37.3 Å². The van der Waals surface area contributed by atoms with Crippen LogP contribution in [0.15, 0.2) is 59.5 Å². The summed E-state index contributed by atoms with van der Waals surface area (Å²) >= 11 is 6.24. The molecule has 0 aliphatic heterocycles. The van der Waals surface area contributed by atoms with Crippen LogP contribution in [0.2, 0.25) is 5.02 Å². The van der Waals surface area contributed by atoms with Gasteiger partial charge >= 0.3 is 0 Å². The van der Waals surface area contributed by atoms with Crippen LogP contribution in [0.25, 0.3) is 0 Å². The standard InChI is InChI=1S/C22H25ClN4O3S/c1-4-26(5-2)31(29,30)18-11-12-20(23)19(14-18)22(28)24-21-13-16(3)25-27(21)15-17-9-7-6-8-10-17/h6-14H,4-5,15H2,1-3H3,(H,24,28). The first-order valence-electron chi connectivity index (χ1n) is 9.95. The molecule has 1 amide bonds. The molecule has 0 unspecified atom stereocenters. The van der Waals surface area contributed by atoms with Gasteiger partial charge in [-0.3, -0.25) is 4.79 Å². The van der Waals surface area contributed by atoms with Crippen molar-refractivity contribution < 1.29 is 13.2 Å². The van der Waals surface area contributed by atoms with Crippen LogP contribution in [0.3, 0.4) is 0 Å². The predicted molar refractivity (Wildman–Crippen MR) is 122 cm³/mol. The highest BCUT2D eigenvalue weighted by molar-refractivity contribution is 7.89. The van der Waals surface area contributed by atoms with E-state index < -0.39 is 15.9 Å².